The van der Waals surface area contributed by atoms with E-state index < -0.39 is 16.5 Å². The molecule has 0 aliphatic carbocycles. The van der Waals surface area contributed by atoms with Crippen molar-refractivity contribution >= 4 is 11.5 Å². The summed E-state index contributed by atoms with van der Waals surface area (Å²) < 4.78 is 13.5. The Bertz CT molecular complexity index is 653. The number of nitrogens with zero attached hydrogens (tertiary/aromatic N) is 1. The van der Waals surface area contributed by atoms with Crippen LogP contribution in [0.1, 0.15) is 21.5 Å². The van der Waals surface area contributed by atoms with Gasteiger partial charge < -0.3 is 0 Å². The van der Waals surface area contributed by atoms with Crippen molar-refractivity contribution in [2.45, 2.75) is 6.92 Å². The summed E-state index contributed by atoms with van der Waals surface area (Å²) in [5.41, 5.74) is -0.300. The largest absolute Gasteiger partial charge is 0.288 e. The molecule has 0 radical (unpaired) electrons. The molecule has 96 valence electrons. The summed E-state index contributed by atoms with van der Waals surface area (Å²) in [5.74, 6) is -1.19. The molecule has 0 bridgehead atoms. The average molecular weight is 259 g/mol. The van der Waals surface area contributed by atoms with Gasteiger partial charge in [-0.1, -0.05) is 30.3 Å². The van der Waals surface area contributed by atoms with E-state index in [1.165, 1.54) is 19.1 Å². The normalized spacial score (nSPS) is 10.2. The Morgan fingerprint density at radius 2 is 1.79 bits per heavy atom. The van der Waals surface area contributed by atoms with Crippen LogP contribution in [0.15, 0.2) is 42.5 Å². The predicted molar refractivity (Wildman–Crippen MR) is 67.7 cm³/mol. The zero-order valence-corrected chi connectivity index (χ0v) is 10.1. The van der Waals surface area contributed by atoms with Crippen LogP contribution < -0.4 is 0 Å². The summed E-state index contributed by atoms with van der Waals surface area (Å²) in [6.45, 7) is 1.36. The molecule has 0 aliphatic heterocycles. The van der Waals surface area contributed by atoms with E-state index in [2.05, 4.69) is 0 Å². The Kier molecular flexibility index (Phi) is 3.37. The highest BCUT2D eigenvalue weighted by Crippen LogP contribution is 2.26. The molecule has 0 heterocycles. The maximum atomic E-state index is 13.5. The van der Waals surface area contributed by atoms with Crippen molar-refractivity contribution < 1.29 is 14.1 Å². The van der Waals surface area contributed by atoms with E-state index in [1.807, 2.05) is 0 Å². The summed E-state index contributed by atoms with van der Waals surface area (Å²) >= 11 is 0. The van der Waals surface area contributed by atoms with Gasteiger partial charge in [-0.15, -0.1) is 0 Å². The summed E-state index contributed by atoms with van der Waals surface area (Å²) in [6, 6.07) is 10.1. The molecule has 0 N–H and O–H groups in total. The topological polar surface area (TPSA) is 60.2 Å². The summed E-state index contributed by atoms with van der Waals surface area (Å²) in [5, 5.41) is 11.0. The molecule has 0 aliphatic rings. The number of carbonyl (C=O) groups excluding carboxylic acids is 1. The van der Waals surface area contributed by atoms with Crippen molar-refractivity contribution in [1.29, 1.82) is 0 Å². The van der Waals surface area contributed by atoms with Crippen molar-refractivity contribution in [2.24, 2.45) is 0 Å². The number of hydrogen-bond donors (Lipinski definition) is 0. The van der Waals surface area contributed by atoms with Crippen LogP contribution in [-0.2, 0) is 0 Å². The van der Waals surface area contributed by atoms with Crippen molar-refractivity contribution in [1.82, 2.24) is 0 Å². The Hall–Kier alpha value is -2.56. The molecule has 4 nitrogen and oxygen atoms in total. The minimum Gasteiger partial charge on any atom is -0.288 e. The zero-order chi connectivity index (χ0) is 14.0. The number of hydrogen-bond acceptors (Lipinski definition) is 3. The van der Waals surface area contributed by atoms with E-state index in [0.29, 0.717) is 5.56 Å². The third-order valence-corrected chi connectivity index (χ3v) is 2.84. The molecule has 2 rings (SSSR count). The van der Waals surface area contributed by atoms with E-state index in [9.17, 15) is 19.3 Å². The van der Waals surface area contributed by atoms with Crippen LogP contribution in [0.5, 0.6) is 0 Å². The third-order valence-electron chi connectivity index (χ3n) is 2.84. The van der Waals surface area contributed by atoms with Gasteiger partial charge in [0.1, 0.15) is 11.4 Å². The Morgan fingerprint density at radius 3 is 2.37 bits per heavy atom. The number of nitro benzene ring substituents is 1. The molecule has 0 atom stereocenters. The van der Waals surface area contributed by atoms with E-state index in [-0.39, 0.29) is 16.8 Å². The molecule has 0 amide bonds. The van der Waals surface area contributed by atoms with Gasteiger partial charge in [0, 0.05) is 17.2 Å². The van der Waals surface area contributed by atoms with Crippen LogP contribution in [0, 0.1) is 22.9 Å². The number of carbonyl (C=O) groups is 1. The fourth-order valence-electron chi connectivity index (χ4n) is 1.84. The number of benzene rings is 2. The molecule has 0 fully saturated rings. The molecular formula is C14H10FNO3. The molecule has 19 heavy (non-hydrogen) atoms. The summed E-state index contributed by atoms with van der Waals surface area (Å²) in [6.07, 6.45) is 0. The zero-order valence-electron chi connectivity index (χ0n) is 10.1. The lowest BCUT2D eigenvalue weighted by molar-refractivity contribution is -0.385. The quantitative estimate of drug-likeness (QED) is 0.483. The highest BCUT2D eigenvalue weighted by Gasteiger charge is 2.25. The second-order valence-electron chi connectivity index (χ2n) is 4.02. The minimum atomic E-state index is -0.678. The summed E-state index contributed by atoms with van der Waals surface area (Å²) in [7, 11) is 0. The van der Waals surface area contributed by atoms with Gasteiger partial charge in [0.15, 0.2) is 5.78 Å². The molecular weight excluding hydrogens is 249 g/mol. The molecule has 5 heteroatoms. The van der Waals surface area contributed by atoms with Crippen LogP contribution in [0.25, 0.3) is 0 Å². The summed E-state index contributed by atoms with van der Waals surface area (Å²) in [4.78, 5) is 22.5. The maximum absolute atomic E-state index is 13.5. The van der Waals surface area contributed by atoms with Gasteiger partial charge in [-0.2, -0.15) is 0 Å². The highest BCUT2D eigenvalue weighted by molar-refractivity contribution is 6.12. The van der Waals surface area contributed by atoms with Gasteiger partial charge in [-0.25, -0.2) is 4.39 Å². The fourth-order valence-corrected chi connectivity index (χ4v) is 1.84. The number of rotatable bonds is 3. The molecule has 0 saturated heterocycles. The predicted octanol–water partition coefficient (Wildman–Crippen LogP) is 3.27. The van der Waals surface area contributed by atoms with Gasteiger partial charge in [0.05, 0.1) is 4.92 Å². The molecule has 2 aromatic rings. The first-order valence-electron chi connectivity index (χ1n) is 5.55. The number of halogens is 1. The number of nitro groups is 1. The van der Waals surface area contributed by atoms with Crippen molar-refractivity contribution in [3.8, 4) is 0 Å². The highest BCUT2D eigenvalue weighted by atomic mass is 19.1. The first kappa shape index (κ1) is 12.9. The second-order valence-corrected chi connectivity index (χ2v) is 4.02. The van der Waals surface area contributed by atoms with Crippen LogP contribution in [-0.4, -0.2) is 10.7 Å². The van der Waals surface area contributed by atoms with Gasteiger partial charge in [0.25, 0.3) is 5.69 Å². The Labute approximate surface area is 108 Å². The van der Waals surface area contributed by atoms with Crippen molar-refractivity contribution in [3.63, 3.8) is 0 Å². The maximum Gasteiger partial charge on any atom is 0.281 e. The minimum absolute atomic E-state index is 0.0111. The average Bonchev–Trinajstić information content (AvgIpc) is 2.41. The van der Waals surface area contributed by atoms with Gasteiger partial charge in [-0.3, -0.25) is 14.9 Å². The standard InChI is InChI=1S/C14H10FNO3/c1-9-11(15)7-8-12(16(18)19)13(9)14(17)10-5-3-2-4-6-10/h2-8H,1H3. The van der Waals surface area contributed by atoms with Crippen LogP contribution >= 0.6 is 0 Å². The van der Waals surface area contributed by atoms with E-state index >= 15 is 0 Å². The Balaban J connectivity index is 2.64. The van der Waals surface area contributed by atoms with E-state index in [4.69, 9.17) is 0 Å². The molecule has 0 unspecified atom stereocenters. The van der Waals surface area contributed by atoms with Crippen LogP contribution in [0.3, 0.4) is 0 Å². The molecule has 2 aromatic carbocycles. The SMILES string of the molecule is Cc1c(F)ccc([N+](=O)[O-])c1C(=O)c1ccccc1. The molecule has 0 aromatic heterocycles. The lowest BCUT2D eigenvalue weighted by atomic mass is 9.97. The third kappa shape index (κ3) is 2.35. The molecule has 0 spiro atoms. The Morgan fingerprint density at radius 1 is 1.16 bits per heavy atom. The monoisotopic (exact) mass is 259 g/mol. The van der Waals surface area contributed by atoms with E-state index in [1.54, 1.807) is 18.2 Å². The van der Waals surface area contributed by atoms with Crippen molar-refractivity contribution in [3.05, 3.63) is 75.1 Å². The first-order valence-corrected chi connectivity index (χ1v) is 5.55. The smallest absolute Gasteiger partial charge is 0.281 e. The fraction of sp³-hybridized carbons (Fsp3) is 0.0714. The van der Waals surface area contributed by atoms with Gasteiger partial charge >= 0.3 is 0 Å². The second kappa shape index (κ2) is 4.97. The van der Waals surface area contributed by atoms with Crippen LogP contribution in [0.2, 0.25) is 0 Å². The lowest BCUT2D eigenvalue weighted by Gasteiger charge is -2.07. The van der Waals surface area contributed by atoms with Gasteiger partial charge in [-0.05, 0) is 13.0 Å². The van der Waals surface area contributed by atoms with Crippen molar-refractivity contribution in [2.75, 3.05) is 0 Å². The first-order chi connectivity index (χ1) is 9.02. The molecule has 0 saturated carbocycles. The lowest BCUT2D eigenvalue weighted by Crippen LogP contribution is -2.09. The number of ketones is 1. The van der Waals surface area contributed by atoms with Crippen LogP contribution in [0.4, 0.5) is 10.1 Å². The van der Waals surface area contributed by atoms with E-state index in [0.717, 1.165) is 12.1 Å². The van der Waals surface area contributed by atoms with Gasteiger partial charge in [0.2, 0.25) is 0 Å².